The van der Waals surface area contributed by atoms with E-state index in [1.165, 1.54) is 276 Å². The Hall–Kier alpha value is -1.40. The zero-order valence-corrected chi connectivity index (χ0v) is 45.4. The molecule has 0 aliphatic carbocycles. The van der Waals surface area contributed by atoms with Crippen LogP contribution in [0.3, 0.4) is 0 Å². The predicted octanol–water partition coefficient (Wildman–Crippen LogP) is 18.9. The topological polar surface area (TPSA) is 95.9 Å². The van der Waals surface area contributed by atoms with E-state index in [9.17, 15) is 19.8 Å². The standard InChI is InChI=1S/C61H119NO5/c1-3-5-7-9-11-13-15-17-19-22-27-31-35-39-43-47-51-55-61(66)67-56-52-48-44-40-36-32-28-24-21-20-23-26-30-34-38-42-46-50-54-60(65)62-58(57-63)59(64)53-49-45-41-37-33-29-25-18-16-14-12-10-8-6-4-2/h49,53,58-59,63-64H,3-48,50-52,54-57H2,1-2H3,(H,62,65)/b53-49+. The minimum atomic E-state index is -0.846. The minimum absolute atomic E-state index is 0.0111. The number of unbranched alkanes of at least 4 members (excludes halogenated alkanes) is 46. The molecule has 0 aromatic heterocycles. The molecule has 0 saturated heterocycles. The number of nitrogens with one attached hydrogen (secondary N) is 1. The van der Waals surface area contributed by atoms with Crippen LogP contribution in [-0.4, -0.2) is 47.4 Å². The Morgan fingerprint density at radius 3 is 1.01 bits per heavy atom. The van der Waals surface area contributed by atoms with E-state index in [1.807, 2.05) is 6.08 Å². The summed E-state index contributed by atoms with van der Waals surface area (Å²) in [6, 6.07) is -0.630. The lowest BCUT2D eigenvalue weighted by Crippen LogP contribution is -2.45. The maximum atomic E-state index is 12.5. The first-order valence-corrected chi connectivity index (χ1v) is 30.5. The van der Waals surface area contributed by atoms with E-state index in [2.05, 4.69) is 19.2 Å². The molecule has 0 aromatic carbocycles. The maximum Gasteiger partial charge on any atom is 0.305 e. The quantitative estimate of drug-likeness (QED) is 0.0321. The van der Waals surface area contributed by atoms with E-state index in [4.69, 9.17) is 4.74 Å². The van der Waals surface area contributed by atoms with E-state index in [1.54, 1.807) is 6.08 Å². The predicted molar refractivity (Wildman–Crippen MR) is 292 cm³/mol. The number of hydrogen-bond donors (Lipinski definition) is 3. The van der Waals surface area contributed by atoms with Gasteiger partial charge in [0.05, 0.1) is 25.4 Å². The SMILES string of the molecule is CCCCCCCCCCCCCCC/C=C/C(O)C(CO)NC(=O)CCCCCCCCCCCCCCCCCCCCOC(=O)CCCCCCCCCCCCCCCCCCC. The minimum Gasteiger partial charge on any atom is -0.466 e. The summed E-state index contributed by atoms with van der Waals surface area (Å²) in [6.45, 7) is 4.92. The molecule has 0 aromatic rings. The van der Waals surface area contributed by atoms with Crippen LogP contribution >= 0.6 is 0 Å². The van der Waals surface area contributed by atoms with Gasteiger partial charge in [-0.2, -0.15) is 0 Å². The summed E-state index contributed by atoms with van der Waals surface area (Å²) in [6.07, 6.45) is 68.1. The summed E-state index contributed by atoms with van der Waals surface area (Å²) in [5.74, 6) is -0.0586. The van der Waals surface area contributed by atoms with E-state index >= 15 is 0 Å². The van der Waals surface area contributed by atoms with Gasteiger partial charge in [-0.25, -0.2) is 0 Å². The molecule has 3 N–H and O–H groups in total. The molecule has 0 rings (SSSR count). The molecule has 2 atom stereocenters. The molecule has 1 amide bonds. The molecule has 0 spiro atoms. The second kappa shape index (κ2) is 57.2. The summed E-state index contributed by atoms with van der Waals surface area (Å²) in [7, 11) is 0. The number of aliphatic hydroxyl groups is 2. The lowest BCUT2D eigenvalue weighted by Gasteiger charge is -2.20. The lowest BCUT2D eigenvalue weighted by atomic mass is 10.0. The van der Waals surface area contributed by atoms with Crippen molar-refractivity contribution in [1.29, 1.82) is 0 Å². The first kappa shape index (κ1) is 65.6. The summed E-state index contributed by atoms with van der Waals surface area (Å²) in [5, 5.41) is 23.1. The van der Waals surface area contributed by atoms with E-state index in [-0.39, 0.29) is 18.5 Å². The number of aliphatic hydroxyl groups excluding tert-OH is 2. The van der Waals surface area contributed by atoms with Crippen molar-refractivity contribution in [2.45, 2.75) is 353 Å². The molecule has 0 aliphatic heterocycles. The molecule has 6 nitrogen and oxygen atoms in total. The molecule has 0 heterocycles. The highest BCUT2D eigenvalue weighted by Gasteiger charge is 2.18. The van der Waals surface area contributed by atoms with Crippen molar-refractivity contribution in [1.82, 2.24) is 5.32 Å². The fraction of sp³-hybridized carbons (Fsp3) is 0.934. The smallest absolute Gasteiger partial charge is 0.305 e. The Balaban J connectivity index is 3.40. The second-order valence-electron chi connectivity index (χ2n) is 21.0. The zero-order valence-electron chi connectivity index (χ0n) is 45.4. The summed E-state index contributed by atoms with van der Waals surface area (Å²) in [5.41, 5.74) is 0. The van der Waals surface area contributed by atoms with Crippen LogP contribution in [-0.2, 0) is 14.3 Å². The number of allylic oxidation sites excluding steroid dienone is 1. The third kappa shape index (κ3) is 53.8. The maximum absolute atomic E-state index is 12.5. The molecule has 0 saturated carbocycles. The Morgan fingerprint density at radius 2 is 0.687 bits per heavy atom. The molecule has 0 fully saturated rings. The van der Waals surface area contributed by atoms with Gasteiger partial charge in [0.1, 0.15) is 0 Å². The van der Waals surface area contributed by atoms with Crippen LogP contribution in [0.4, 0.5) is 0 Å². The molecule has 398 valence electrons. The van der Waals surface area contributed by atoms with Crippen LogP contribution in [0.5, 0.6) is 0 Å². The van der Waals surface area contributed by atoms with E-state index in [0.717, 1.165) is 38.5 Å². The highest BCUT2D eigenvalue weighted by Crippen LogP contribution is 2.18. The van der Waals surface area contributed by atoms with E-state index < -0.39 is 12.1 Å². The highest BCUT2D eigenvalue weighted by molar-refractivity contribution is 5.76. The molecule has 67 heavy (non-hydrogen) atoms. The number of ether oxygens (including phenoxy) is 1. The Labute approximate surface area is 419 Å². The number of carbonyl (C=O) groups is 2. The Kier molecular flexibility index (Phi) is 56.0. The third-order valence-electron chi connectivity index (χ3n) is 14.3. The van der Waals surface area contributed by atoms with Crippen molar-refractivity contribution >= 4 is 11.9 Å². The number of amides is 1. The molecule has 6 heteroatoms. The molecule has 0 radical (unpaired) electrons. The summed E-state index contributed by atoms with van der Waals surface area (Å²) in [4.78, 5) is 24.5. The third-order valence-corrected chi connectivity index (χ3v) is 14.3. The van der Waals surface area contributed by atoms with Gasteiger partial charge >= 0.3 is 5.97 Å². The second-order valence-corrected chi connectivity index (χ2v) is 21.0. The first-order chi connectivity index (χ1) is 33.0. The van der Waals surface area contributed by atoms with Crippen LogP contribution in [0.1, 0.15) is 341 Å². The monoisotopic (exact) mass is 946 g/mol. The van der Waals surface area contributed by atoms with Crippen LogP contribution in [0, 0.1) is 0 Å². The molecular weight excluding hydrogens is 827 g/mol. The van der Waals surface area contributed by atoms with Crippen molar-refractivity contribution in [3.8, 4) is 0 Å². The fourth-order valence-corrected chi connectivity index (χ4v) is 9.64. The van der Waals surface area contributed by atoms with Gasteiger partial charge in [0, 0.05) is 12.8 Å². The van der Waals surface area contributed by atoms with Crippen molar-refractivity contribution < 1.29 is 24.5 Å². The van der Waals surface area contributed by atoms with E-state index in [0.29, 0.717) is 19.4 Å². The van der Waals surface area contributed by atoms with Crippen molar-refractivity contribution in [3.05, 3.63) is 12.2 Å². The normalized spacial score (nSPS) is 12.6. The average Bonchev–Trinajstić information content (AvgIpc) is 3.33. The number of hydrogen-bond acceptors (Lipinski definition) is 5. The largest absolute Gasteiger partial charge is 0.466 e. The van der Waals surface area contributed by atoms with Gasteiger partial charge in [-0.15, -0.1) is 0 Å². The molecular formula is C61H119NO5. The molecule has 2 unspecified atom stereocenters. The van der Waals surface area contributed by atoms with Crippen LogP contribution < -0.4 is 5.32 Å². The zero-order chi connectivity index (χ0) is 48.6. The van der Waals surface area contributed by atoms with Gasteiger partial charge in [-0.05, 0) is 32.1 Å². The average molecular weight is 947 g/mol. The van der Waals surface area contributed by atoms with Gasteiger partial charge in [-0.1, -0.05) is 309 Å². The van der Waals surface area contributed by atoms with Crippen molar-refractivity contribution in [2.24, 2.45) is 0 Å². The first-order valence-electron chi connectivity index (χ1n) is 30.5. The summed E-state index contributed by atoms with van der Waals surface area (Å²) >= 11 is 0. The number of carbonyl (C=O) groups excluding carboxylic acids is 2. The molecule has 0 aliphatic rings. The van der Waals surface area contributed by atoms with Crippen molar-refractivity contribution in [3.63, 3.8) is 0 Å². The van der Waals surface area contributed by atoms with Gasteiger partial charge in [0.25, 0.3) is 0 Å². The van der Waals surface area contributed by atoms with Crippen LogP contribution in [0.2, 0.25) is 0 Å². The lowest BCUT2D eigenvalue weighted by molar-refractivity contribution is -0.143. The Morgan fingerprint density at radius 1 is 0.403 bits per heavy atom. The van der Waals surface area contributed by atoms with Gasteiger partial charge in [0.2, 0.25) is 5.91 Å². The van der Waals surface area contributed by atoms with Gasteiger partial charge < -0.3 is 20.3 Å². The van der Waals surface area contributed by atoms with Gasteiger partial charge in [-0.3, -0.25) is 9.59 Å². The van der Waals surface area contributed by atoms with Crippen molar-refractivity contribution in [2.75, 3.05) is 13.2 Å². The molecule has 0 bridgehead atoms. The van der Waals surface area contributed by atoms with Crippen LogP contribution in [0.15, 0.2) is 12.2 Å². The summed E-state index contributed by atoms with van der Waals surface area (Å²) < 4.78 is 5.49. The van der Waals surface area contributed by atoms with Gasteiger partial charge in [0.15, 0.2) is 0 Å². The fourth-order valence-electron chi connectivity index (χ4n) is 9.64. The van der Waals surface area contributed by atoms with Crippen LogP contribution in [0.25, 0.3) is 0 Å². The number of esters is 1. The number of rotatable bonds is 57. The Bertz CT molecular complexity index is 1000. The highest BCUT2D eigenvalue weighted by atomic mass is 16.5.